The van der Waals surface area contributed by atoms with Gasteiger partial charge in [0.05, 0.1) is 18.7 Å². The predicted molar refractivity (Wildman–Crippen MR) is 104 cm³/mol. The van der Waals surface area contributed by atoms with Crippen molar-refractivity contribution in [3.8, 4) is 5.75 Å². The zero-order valence-corrected chi connectivity index (χ0v) is 17.3. The second kappa shape index (κ2) is 8.35. The normalized spacial score (nSPS) is 21.8. The summed E-state index contributed by atoms with van der Waals surface area (Å²) in [7, 11) is 0. The third-order valence-electron chi connectivity index (χ3n) is 5.42. The summed E-state index contributed by atoms with van der Waals surface area (Å²) in [5.41, 5.74) is 1.09. The quantitative estimate of drug-likeness (QED) is 0.730. The molecule has 0 radical (unpaired) electrons. The number of likely N-dealkylation sites (N-methyl/N-ethyl adjacent to an activating group) is 1. The van der Waals surface area contributed by atoms with E-state index in [1.165, 1.54) is 30.1 Å². The van der Waals surface area contributed by atoms with Gasteiger partial charge in [0.2, 0.25) is 5.82 Å². The lowest BCUT2D eigenvalue weighted by atomic mass is 10.0. The number of benzene rings is 1. The molecule has 2 aromatic rings. The maximum absolute atomic E-state index is 5.63. The van der Waals surface area contributed by atoms with Crippen LogP contribution in [0.2, 0.25) is 0 Å². The van der Waals surface area contributed by atoms with Crippen LogP contribution in [0.4, 0.5) is 0 Å². The van der Waals surface area contributed by atoms with E-state index in [1.54, 1.807) is 4.90 Å². The summed E-state index contributed by atoms with van der Waals surface area (Å²) in [4.78, 5) is 3.22. The Morgan fingerprint density at radius 2 is 1.74 bits per heavy atom. The maximum atomic E-state index is 5.63. The van der Waals surface area contributed by atoms with Gasteiger partial charge in [-0.2, -0.15) is 0 Å². The van der Waals surface area contributed by atoms with E-state index < -0.39 is 0 Å². The van der Waals surface area contributed by atoms with Gasteiger partial charge < -0.3 is 14.5 Å². The summed E-state index contributed by atoms with van der Waals surface area (Å²) in [6.45, 7) is 17.2. The smallest absolute Gasteiger partial charge is 0.214 e. The Kier molecular flexibility index (Phi) is 6.11. The molecular formula is C20H34N6O+2. The molecule has 1 aliphatic rings. The van der Waals surface area contributed by atoms with Gasteiger partial charge >= 0.3 is 0 Å². The van der Waals surface area contributed by atoms with Crippen LogP contribution in [0.5, 0.6) is 5.75 Å². The fraction of sp³-hybridized carbons (Fsp3) is 0.650. The lowest BCUT2D eigenvalue weighted by Crippen LogP contribution is -3.28. The van der Waals surface area contributed by atoms with Crippen molar-refractivity contribution in [3.05, 3.63) is 35.7 Å². The molecule has 7 heteroatoms. The van der Waals surface area contributed by atoms with Gasteiger partial charge in [-0.3, -0.25) is 0 Å². The van der Waals surface area contributed by atoms with E-state index in [0.29, 0.717) is 6.61 Å². The molecule has 1 aromatic heterocycles. The van der Waals surface area contributed by atoms with Gasteiger partial charge in [0.15, 0.2) is 6.04 Å². The van der Waals surface area contributed by atoms with Crippen LogP contribution in [0, 0.1) is 0 Å². The van der Waals surface area contributed by atoms with Gasteiger partial charge in [-0.1, -0.05) is 0 Å². The molecule has 0 spiro atoms. The van der Waals surface area contributed by atoms with Crippen LogP contribution in [0.3, 0.4) is 0 Å². The Morgan fingerprint density at radius 3 is 2.30 bits per heavy atom. The number of nitrogens with zero attached hydrogens (tertiary/aromatic N) is 4. The van der Waals surface area contributed by atoms with E-state index in [0.717, 1.165) is 24.7 Å². The zero-order valence-electron chi connectivity index (χ0n) is 17.3. The molecule has 1 atom stereocenters. The topological polar surface area (TPSA) is 61.7 Å². The van der Waals surface area contributed by atoms with Gasteiger partial charge in [-0.25, -0.2) is 4.68 Å². The second-order valence-corrected chi connectivity index (χ2v) is 8.32. The third-order valence-corrected chi connectivity index (χ3v) is 5.42. The Bertz CT molecular complexity index is 713. The minimum Gasteiger partial charge on any atom is -0.494 e. The monoisotopic (exact) mass is 374 g/mol. The number of hydrogen-bond donors (Lipinski definition) is 2. The van der Waals surface area contributed by atoms with Crippen molar-refractivity contribution in [1.82, 2.24) is 20.2 Å². The summed E-state index contributed by atoms with van der Waals surface area (Å²) in [5, 5.41) is 12.8. The Balaban J connectivity index is 1.96. The van der Waals surface area contributed by atoms with Crippen LogP contribution in [0.15, 0.2) is 24.3 Å². The summed E-state index contributed by atoms with van der Waals surface area (Å²) in [6.07, 6.45) is 0. The van der Waals surface area contributed by atoms with Crippen LogP contribution < -0.4 is 14.5 Å². The van der Waals surface area contributed by atoms with Crippen molar-refractivity contribution in [2.24, 2.45) is 0 Å². The summed E-state index contributed by atoms with van der Waals surface area (Å²) >= 11 is 0. The lowest BCUT2D eigenvalue weighted by molar-refractivity contribution is -1.02. The van der Waals surface area contributed by atoms with Gasteiger partial charge in [-0.15, -0.1) is 5.10 Å². The highest BCUT2D eigenvalue weighted by atomic mass is 16.5. The van der Waals surface area contributed by atoms with E-state index >= 15 is 0 Å². The molecular weight excluding hydrogens is 340 g/mol. The molecule has 7 nitrogen and oxygen atoms in total. The summed E-state index contributed by atoms with van der Waals surface area (Å²) in [5.74, 6) is 1.85. The Hall–Kier alpha value is -1.99. The minimum atomic E-state index is -0.154. The van der Waals surface area contributed by atoms with Crippen molar-refractivity contribution in [2.75, 3.05) is 39.3 Å². The zero-order chi connectivity index (χ0) is 19.4. The fourth-order valence-corrected chi connectivity index (χ4v) is 3.91. The van der Waals surface area contributed by atoms with Crippen molar-refractivity contribution < 1.29 is 14.5 Å². The Labute approximate surface area is 162 Å². The van der Waals surface area contributed by atoms with Crippen molar-refractivity contribution >= 4 is 0 Å². The SMILES string of the molecule is CCOc1ccc([C@H](c2nnnn2C(C)(C)C)[NH+]2CC[NH+](CC)CC2)cc1. The highest BCUT2D eigenvalue weighted by molar-refractivity contribution is 5.30. The van der Waals surface area contributed by atoms with Crippen molar-refractivity contribution in [3.63, 3.8) is 0 Å². The van der Waals surface area contributed by atoms with Crippen molar-refractivity contribution in [1.29, 1.82) is 0 Å². The standard InChI is InChI=1S/C20H32N6O/c1-6-24-12-14-25(15-13-24)18(16-8-10-17(11-9-16)27-7-2)19-21-22-23-26(19)20(3,4)5/h8-11,18H,6-7,12-15H2,1-5H3/p+2/t18-/m1/s1. The number of tetrazole rings is 1. The summed E-state index contributed by atoms with van der Waals surface area (Å²) in [6, 6.07) is 8.59. The van der Waals surface area contributed by atoms with Crippen LogP contribution in [0.25, 0.3) is 0 Å². The highest BCUT2D eigenvalue weighted by Crippen LogP contribution is 2.24. The molecule has 2 N–H and O–H groups in total. The molecule has 1 aliphatic heterocycles. The molecule has 0 aliphatic carbocycles. The molecule has 0 unspecified atom stereocenters. The largest absolute Gasteiger partial charge is 0.494 e. The first-order chi connectivity index (χ1) is 12.9. The average Bonchev–Trinajstić information content (AvgIpc) is 3.14. The third kappa shape index (κ3) is 4.47. The van der Waals surface area contributed by atoms with Gasteiger partial charge in [0.1, 0.15) is 31.9 Å². The van der Waals surface area contributed by atoms with Crippen LogP contribution >= 0.6 is 0 Å². The number of piperazine rings is 1. The van der Waals surface area contributed by atoms with Gasteiger partial charge in [0, 0.05) is 5.56 Å². The number of nitrogens with one attached hydrogen (secondary N) is 2. The fourth-order valence-electron chi connectivity index (χ4n) is 3.91. The molecule has 0 amide bonds. The number of hydrogen-bond acceptors (Lipinski definition) is 4. The molecule has 27 heavy (non-hydrogen) atoms. The van der Waals surface area contributed by atoms with Crippen LogP contribution in [0.1, 0.15) is 52.0 Å². The van der Waals surface area contributed by atoms with Gasteiger partial charge in [-0.05, 0) is 69.3 Å². The lowest BCUT2D eigenvalue weighted by Gasteiger charge is -2.34. The number of aromatic nitrogens is 4. The Morgan fingerprint density at radius 1 is 1.07 bits per heavy atom. The average molecular weight is 375 g/mol. The minimum absolute atomic E-state index is 0.133. The van der Waals surface area contributed by atoms with E-state index in [2.05, 4.69) is 67.5 Å². The van der Waals surface area contributed by atoms with Gasteiger partial charge in [0.25, 0.3) is 0 Å². The van der Waals surface area contributed by atoms with E-state index in [1.807, 2.05) is 11.6 Å². The van der Waals surface area contributed by atoms with E-state index in [9.17, 15) is 0 Å². The number of quaternary nitrogens is 2. The predicted octanol–water partition coefficient (Wildman–Crippen LogP) is -0.280. The first kappa shape index (κ1) is 19.8. The first-order valence-electron chi connectivity index (χ1n) is 10.1. The molecule has 1 fully saturated rings. The molecule has 0 saturated carbocycles. The number of ether oxygens (including phenoxy) is 1. The molecule has 148 valence electrons. The molecule has 1 aromatic carbocycles. The maximum Gasteiger partial charge on any atom is 0.214 e. The molecule has 1 saturated heterocycles. The van der Waals surface area contributed by atoms with E-state index in [-0.39, 0.29) is 11.6 Å². The molecule has 3 rings (SSSR count). The summed E-state index contributed by atoms with van der Waals surface area (Å²) < 4.78 is 7.61. The second-order valence-electron chi connectivity index (χ2n) is 8.32. The first-order valence-corrected chi connectivity index (χ1v) is 10.1. The van der Waals surface area contributed by atoms with Crippen LogP contribution in [-0.4, -0.2) is 59.5 Å². The highest BCUT2D eigenvalue weighted by Gasteiger charge is 2.37. The van der Waals surface area contributed by atoms with E-state index in [4.69, 9.17) is 4.74 Å². The van der Waals surface area contributed by atoms with Crippen LogP contribution in [-0.2, 0) is 5.54 Å². The number of rotatable bonds is 6. The molecule has 0 bridgehead atoms. The van der Waals surface area contributed by atoms with Crippen molar-refractivity contribution in [2.45, 2.75) is 46.2 Å². The molecule has 2 heterocycles.